The summed E-state index contributed by atoms with van der Waals surface area (Å²) >= 11 is 0. The summed E-state index contributed by atoms with van der Waals surface area (Å²) in [4.78, 5) is 26.1. The molecule has 0 aliphatic carbocycles. The van der Waals surface area contributed by atoms with Gasteiger partial charge in [0.15, 0.2) is 0 Å². The van der Waals surface area contributed by atoms with Gasteiger partial charge in [-0.15, -0.1) is 0 Å². The summed E-state index contributed by atoms with van der Waals surface area (Å²) in [7, 11) is 0. The van der Waals surface area contributed by atoms with Crippen LogP contribution < -0.4 is 5.32 Å². The minimum absolute atomic E-state index is 0.0260. The van der Waals surface area contributed by atoms with Crippen LogP contribution in [0.2, 0.25) is 0 Å². The highest BCUT2D eigenvalue weighted by molar-refractivity contribution is 6.06. The zero-order chi connectivity index (χ0) is 12.6. The Balaban J connectivity index is 2.19. The number of likely N-dealkylation sites (tertiary alicyclic amines) is 1. The fourth-order valence-corrected chi connectivity index (χ4v) is 2.75. The molecule has 4 heteroatoms. The lowest BCUT2D eigenvalue weighted by molar-refractivity contribution is -0.145. The molecule has 1 N–H and O–H groups in total. The van der Waals surface area contributed by atoms with Crippen LogP contribution in [0.1, 0.15) is 40.0 Å². The van der Waals surface area contributed by atoms with Crippen molar-refractivity contribution >= 4 is 11.8 Å². The molecule has 2 heterocycles. The van der Waals surface area contributed by atoms with Gasteiger partial charge in [-0.3, -0.25) is 14.5 Å². The molecule has 96 valence electrons. The Bertz CT molecular complexity index is 334. The molecular formula is C13H22N2O2. The summed E-state index contributed by atoms with van der Waals surface area (Å²) in [5.74, 6) is 0.285. The summed E-state index contributed by atoms with van der Waals surface area (Å²) in [6.45, 7) is 7.79. The Morgan fingerprint density at radius 3 is 2.35 bits per heavy atom. The number of rotatable bonds is 2. The Morgan fingerprint density at radius 2 is 1.88 bits per heavy atom. The zero-order valence-electron chi connectivity index (χ0n) is 11.0. The molecule has 4 nitrogen and oxygen atoms in total. The second kappa shape index (κ2) is 4.41. The van der Waals surface area contributed by atoms with E-state index < -0.39 is 5.41 Å². The first kappa shape index (κ1) is 12.6. The van der Waals surface area contributed by atoms with Crippen molar-refractivity contribution in [3.05, 3.63) is 0 Å². The Kier molecular flexibility index (Phi) is 3.25. The van der Waals surface area contributed by atoms with Gasteiger partial charge in [0.05, 0.1) is 5.41 Å². The number of hydrogen-bond donors (Lipinski definition) is 1. The van der Waals surface area contributed by atoms with Gasteiger partial charge >= 0.3 is 0 Å². The van der Waals surface area contributed by atoms with Crippen molar-refractivity contribution in [3.8, 4) is 0 Å². The summed E-state index contributed by atoms with van der Waals surface area (Å²) in [5, 5.41) is 3.26. The summed E-state index contributed by atoms with van der Waals surface area (Å²) in [5.41, 5.74) is -0.484. The molecular weight excluding hydrogens is 216 g/mol. The second-order valence-electron chi connectivity index (χ2n) is 5.80. The Morgan fingerprint density at radius 1 is 1.29 bits per heavy atom. The van der Waals surface area contributed by atoms with Gasteiger partial charge in [0.2, 0.25) is 11.8 Å². The van der Waals surface area contributed by atoms with Gasteiger partial charge in [0.25, 0.3) is 0 Å². The van der Waals surface area contributed by atoms with Crippen molar-refractivity contribution in [2.24, 2.45) is 11.3 Å². The van der Waals surface area contributed by atoms with E-state index in [-0.39, 0.29) is 23.8 Å². The van der Waals surface area contributed by atoms with Crippen LogP contribution in [-0.4, -0.2) is 35.8 Å². The molecule has 0 aromatic carbocycles. The van der Waals surface area contributed by atoms with Crippen LogP contribution in [0.3, 0.4) is 0 Å². The molecule has 2 aliphatic heterocycles. The maximum absolute atomic E-state index is 12.5. The van der Waals surface area contributed by atoms with E-state index in [2.05, 4.69) is 5.32 Å². The SMILES string of the molecule is CC(C)C1(C)CC(=O)N(C2CCNCC2)C1=O. The van der Waals surface area contributed by atoms with Crippen LogP contribution in [0.25, 0.3) is 0 Å². The molecule has 0 bridgehead atoms. The number of carbonyl (C=O) groups is 2. The number of nitrogens with zero attached hydrogens (tertiary/aromatic N) is 1. The number of nitrogens with one attached hydrogen (secondary N) is 1. The van der Waals surface area contributed by atoms with E-state index in [1.54, 1.807) is 4.90 Å². The highest BCUT2D eigenvalue weighted by Crippen LogP contribution is 2.40. The van der Waals surface area contributed by atoms with E-state index in [4.69, 9.17) is 0 Å². The lowest BCUT2D eigenvalue weighted by atomic mass is 9.78. The fourth-order valence-electron chi connectivity index (χ4n) is 2.75. The summed E-state index contributed by atoms with van der Waals surface area (Å²) in [6, 6.07) is 0.122. The predicted molar refractivity (Wildman–Crippen MR) is 65.3 cm³/mol. The maximum Gasteiger partial charge on any atom is 0.236 e. The smallest absolute Gasteiger partial charge is 0.236 e. The van der Waals surface area contributed by atoms with E-state index >= 15 is 0 Å². The van der Waals surface area contributed by atoms with Crippen LogP contribution in [0.5, 0.6) is 0 Å². The number of carbonyl (C=O) groups excluding carboxylic acids is 2. The van der Waals surface area contributed by atoms with Crippen molar-refractivity contribution in [2.45, 2.75) is 46.1 Å². The molecule has 2 aliphatic rings. The largest absolute Gasteiger partial charge is 0.317 e. The third kappa shape index (κ3) is 1.99. The first-order valence-electron chi connectivity index (χ1n) is 6.54. The van der Waals surface area contributed by atoms with Gasteiger partial charge < -0.3 is 5.32 Å². The van der Waals surface area contributed by atoms with Crippen LogP contribution in [0, 0.1) is 11.3 Å². The third-order valence-corrected chi connectivity index (χ3v) is 4.44. The normalized spacial score (nSPS) is 31.6. The standard InChI is InChI=1S/C13H22N2O2/c1-9(2)13(3)8-11(16)15(12(13)17)10-4-6-14-7-5-10/h9-10,14H,4-8H2,1-3H3. The number of imide groups is 1. The molecule has 17 heavy (non-hydrogen) atoms. The van der Waals surface area contributed by atoms with E-state index in [0.717, 1.165) is 25.9 Å². The minimum atomic E-state index is -0.484. The van der Waals surface area contributed by atoms with Crippen molar-refractivity contribution in [1.29, 1.82) is 0 Å². The van der Waals surface area contributed by atoms with Crippen molar-refractivity contribution in [1.82, 2.24) is 10.2 Å². The molecule has 0 spiro atoms. The van der Waals surface area contributed by atoms with E-state index in [0.29, 0.717) is 6.42 Å². The lowest BCUT2D eigenvalue weighted by Gasteiger charge is -2.32. The first-order chi connectivity index (χ1) is 7.97. The molecule has 0 saturated carbocycles. The van der Waals surface area contributed by atoms with Gasteiger partial charge in [-0.2, -0.15) is 0 Å². The van der Waals surface area contributed by atoms with Crippen molar-refractivity contribution in [2.75, 3.05) is 13.1 Å². The van der Waals surface area contributed by atoms with Gasteiger partial charge in [-0.1, -0.05) is 13.8 Å². The number of hydrogen-bond acceptors (Lipinski definition) is 3. The zero-order valence-corrected chi connectivity index (χ0v) is 11.0. The van der Waals surface area contributed by atoms with E-state index in [1.807, 2.05) is 20.8 Å². The Labute approximate surface area is 103 Å². The van der Waals surface area contributed by atoms with Crippen LogP contribution in [0.4, 0.5) is 0 Å². The topological polar surface area (TPSA) is 49.4 Å². The average molecular weight is 238 g/mol. The average Bonchev–Trinajstić information content (AvgIpc) is 2.52. The maximum atomic E-state index is 12.5. The molecule has 2 fully saturated rings. The highest BCUT2D eigenvalue weighted by atomic mass is 16.2. The molecule has 0 aromatic rings. The van der Waals surface area contributed by atoms with Gasteiger partial charge in [-0.05, 0) is 38.8 Å². The van der Waals surface area contributed by atoms with Crippen LogP contribution in [-0.2, 0) is 9.59 Å². The van der Waals surface area contributed by atoms with Gasteiger partial charge in [0, 0.05) is 12.5 Å². The summed E-state index contributed by atoms with van der Waals surface area (Å²) in [6.07, 6.45) is 2.17. The van der Waals surface area contributed by atoms with Gasteiger partial charge in [-0.25, -0.2) is 0 Å². The van der Waals surface area contributed by atoms with Crippen LogP contribution in [0.15, 0.2) is 0 Å². The monoisotopic (exact) mass is 238 g/mol. The molecule has 0 radical (unpaired) electrons. The fraction of sp³-hybridized carbons (Fsp3) is 0.846. The first-order valence-corrected chi connectivity index (χ1v) is 6.54. The molecule has 2 rings (SSSR count). The molecule has 2 saturated heterocycles. The van der Waals surface area contributed by atoms with Gasteiger partial charge in [0.1, 0.15) is 0 Å². The molecule has 1 atom stereocenters. The third-order valence-electron chi connectivity index (χ3n) is 4.44. The number of amides is 2. The van der Waals surface area contributed by atoms with E-state index in [1.165, 1.54) is 0 Å². The van der Waals surface area contributed by atoms with Crippen molar-refractivity contribution in [3.63, 3.8) is 0 Å². The quantitative estimate of drug-likeness (QED) is 0.734. The molecule has 2 amide bonds. The Hall–Kier alpha value is -0.900. The lowest BCUT2D eigenvalue weighted by Crippen LogP contribution is -2.47. The second-order valence-corrected chi connectivity index (χ2v) is 5.80. The molecule has 1 unspecified atom stereocenters. The number of piperidine rings is 1. The minimum Gasteiger partial charge on any atom is -0.317 e. The highest BCUT2D eigenvalue weighted by Gasteiger charge is 2.51. The summed E-state index contributed by atoms with van der Waals surface area (Å²) < 4.78 is 0. The van der Waals surface area contributed by atoms with Crippen molar-refractivity contribution < 1.29 is 9.59 Å². The predicted octanol–water partition coefficient (Wildman–Crippen LogP) is 1.16. The molecule has 0 aromatic heterocycles. The van der Waals surface area contributed by atoms with E-state index in [9.17, 15) is 9.59 Å². The van der Waals surface area contributed by atoms with Crippen LogP contribution >= 0.6 is 0 Å².